The molecular formula is C26H22F5N5O2S. The Kier molecular flexibility index (Phi) is 6.65. The Morgan fingerprint density at radius 2 is 1.59 bits per heavy atom. The summed E-state index contributed by atoms with van der Waals surface area (Å²) < 4.78 is 92.0. The number of nitrogens with one attached hydrogen (secondary N) is 2. The second-order valence-corrected chi connectivity index (χ2v) is 11.7. The van der Waals surface area contributed by atoms with E-state index in [2.05, 4.69) is 25.6 Å². The van der Waals surface area contributed by atoms with Crippen LogP contribution in [0.25, 0.3) is 22.3 Å². The number of rotatable bonds is 8. The second kappa shape index (κ2) is 9.70. The molecule has 204 valence electrons. The van der Waals surface area contributed by atoms with Gasteiger partial charge in [0.15, 0.2) is 15.7 Å². The number of halogens is 5. The maximum Gasteiger partial charge on any atom is 0.411 e. The van der Waals surface area contributed by atoms with Gasteiger partial charge in [-0.1, -0.05) is 6.07 Å². The second-order valence-electron chi connectivity index (χ2n) is 9.56. The van der Waals surface area contributed by atoms with Crippen molar-refractivity contribution in [1.82, 2.24) is 15.0 Å². The summed E-state index contributed by atoms with van der Waals surface area (Å²) in [5, 5.41) is 5.40. The molecule has 0 radical (unpaired) electrons. The standard InChI is InChI=1S/C26H22F5N5O2S/c1-39(37,38)14-16-10-15(11-19(28)12-16)13-32-24-34-21-7-6-20(17-2-4-18(27)5-3-17)33-22(21)23(35-24)36-25(8-9-25)26(29,30)31/h2-7,10-12H,8-9,13-14H2,1H3,(H2,32,34,35,36). The Bertz CT molecular complexity index is 1660. The van der Waals surface area contributed by atoms with Gasteiger partial charge in [-0.05, 0) is 72.5 Å². The van der Waals surface area contributed by atoms with E-state index < -0.39 is 33.2 Å². The summed E-state index contributed by atoms with van der Waals surface area (Å²) in [6.07, 6.45) is -3.75. The zero-order chi connectivity index (χ0) is 28.0. The van der Waals surface area contributed by atoms with E-state index in [9.17, 15) is 30.4 Å². The van der Waals surface area contributed by atoms with E-state index in [4.69, 9.17) is 0 Å². The molecule has 0 amide bonds. The molecule has 13 heteroatoms. The highest BCUT2D eigenvalue weighted by atomic mass is 32.2. The van der Waals surface area contributed by atoms with Crippen molar-refractivity contribution in [3.63, 3.8) is 0 Å². The zero-order valence-corrected chi connectivity index (χ0v) is 21.3. The molecule has 2 aromatic carbocycles. The van der Waals surface area contributed by atoms with Gasteiger partial charge in [0.1, 0.15) is 22.7 Å². The van der Waals surface area contributed by atoms with Crippen LogP contribution < -0.4 is 10.6 Å². The molecule has 1 fully saturated rings. The number of benzene rings is 2. The lowest BCUT2D eigenvalue weighted by atomic mass is 10.1. The van der Waals surface area contributed by atoms with Crippen LogP contribution in [-0.2, 0) is 22.1 Å². The van der Waals surface area contributed by atoms with Gasteiger partial charge >= 0.3 is 6.18 Å². The van der Waals surface area contributed by atoms with Gasteiger partial charge in [0, 0.05) is 18.4 Å². The van der Waals surface area contributed by atoms with Crippen LogP contribution in [0.4, 0.5) is 33.7 Å². The van der Waals surface area contributed by atoms with Crippen molar-refractivity contribution < 1.29 is 30.4 Å². The Labute approximate surface area is 220 Å². The molecule has 0 unspecified atom stereocenters. The van der Waals surface area contributed by atoms with Crippen molar-refractivity contribution in [2.45, 2.75) is 36.9 Å². The zero-order valence-electron chi connectivity index (χ0n) is 20.5. The van der Waals surface area contributed by atoms with Crippen LogP contribution in [0.5, 0.6) is 0 Å². The molecule has 2 aromatic heterocycles. The summed E-state index contributed by atoms with van der Waals surface area (Å²) in [6.45, 7) is -0.0228. The predicted octanol–water partition coefficient (Wildman–Crippen LogP) is 5.63. The lowest BCUT2D eigenvalue weighted by Crippen LogP contribution is -2.39. The van der Waals surface area contributed by atoms with Crippen LogP contribution in [0.1, 0.15) is 24.0 Å². The van der Waals surface area contributed by atoms with E-state index in [0.717, 1.165) is 12.3 Å². The Balaban J connectivity index is 1.50. The number of anilines is 2. The molecule has 7 nitrogen and oxygen atoms in total. The van der Waals surface area contributed by atoms with Gasteiger partial charge in [-0.3, -0.25) is 0 Å². The van der Waals surface area contributed by atoms with Gasteiger partial charge < -0.3 is 10.6 Å². The van der Waals surface area contributed by atoms with Crippen LogP contribution in [0, 0.1) is 11.6 Å². The molecule has 5 rings (SSSR count). The highest BCUT2D eigenvalue weighted by Crippen LogP contribution is 2.51. The predicted molar refractivity (Wildman–Crippen MR) is 137 cm³/mol. The molecule has 4 aromatic rings. The van der Waals surface area contributed by atoms with Crippen molar-refractivity contribution >= 4 is 32.6 Å². The number of nitrogens with zero attached hydrogens (tertiary/aromatic N) is 3. The topological polar surface area (TPSA) is 96.9 Å². The van der Waals surface area contributed by atoms with Crippen LogP contribution >= 0.6 is 0 Å². The lowest BCUT2D eigenvalue weighted by Gasteiger charge is -2.22. The molecule has 1 saturated carbocycles. The summed E-state index contributed by atoms with van der Waals surface area (Å²) >= 11 is 0. The fourth-order valence-corrected chi connectivity index (χ4v) is 4.95. The molecule has 0 bridgehead atoms. The van der Waals surface area contributed by atoms with Crippen LogP contribution in [0.15, 0.2) is 54.6 Å². The number of pyridine rings is 1. The Morgan fingerprint density at radius 1 is 0.897 bits per heavy atom. The average molecular weight is 564 g/mol. The van der Waals surface area contributed by atoms with Crippen molar-refractivity contribution in [2.75, 3.05) is 16.9 Å². The summed E-state index contributed by atoms with van der Waals surface area (Å²) in [6, 6.07) is 12.5. The van der Waals surface area contributed by atoms with E-state index in [1.807, 2.05) is 0 Å². The third kappa shape index (κ3) is 6.08. The van der Waals surface area contributed by atoms with Crippen LogP contribution in [0.3, 0.4) is 0 Å². The van der Waals surface area contributed by atoms with Crippen molar-refractivity contribution in [3.8, 4) is 11.3 Å². The fraction of sp³-hybridized carbons (Fsp3) is 0.269. The van der Waals surface area contributed by atoms with E-state index in [1.54, 1.807) is 12.1 Å². The highest BCUT2D eigenvalue weighted by molar-refractivity contribution is 7.89. The Hall–Kier alpha value is -3.87. The first-order chi connectivity index (χ1) is 18.3. The van der Waals surface area contributed by atoms with E-state index in [-0.39, 0.29) is 53.5 Å². The SMILES string of the molecule is CS(=O)(=O)Cc1cc(F)cc(CNc2nc(NC3(C(F)(F)F)CC3)c3nc(-c4ccc(F)cc4)ccc3n2)c1. The maximum atomic E-state index is 14.1. The monoisotopic (exact) mass is 563 g/mol. The highest BCUT2D eigenvalue weighted by Gasteiger charge is 2.64. The molecule has 0 spiro atoms. The molecule has 39 heavy (non-hydrogen) atoms. The van der Waals surface area contributed by atoms with Crippen molar-refractivity contribution in [1.29, 1.82) is 0 Å². The molecule has 1 aliphatic carbocycles. The molecule has 2 N–H and O–H groups in total. The first-order valence-electron chi connectivity index (χ1n) is 11.8. The smallest absolute Gasteiger partial charge is 0.354 e. The third-order valence-corrected chi connectivity index (χ3v) is 7.09. The largest absolute Gasteiger partial charge is 0.411 e. The van der Waals surface area contributed by atoms with Gasteiger partial charge in [0.2, 0.25) is 5.95 Å². The summed E-state index contributed by atoms with van der Waals surface area (Å²) in [4.78, 5) is 13.1. The number of hydrogen-bond acceptors (Lipinski definition) is 7. The number of alkyl halides is 3. The quantitative estimate of drug-likeness (QED) is 0.268. The number of fused-ring (bicyclic) bond motifs is 1. The van der Waals surface area contributed by atoms with Crippen LogP contribution in [0.2, 0.25) is 0 Å². The average Bonchev–Trinajstić information content (AvgIpc) is 3.63. The summed E-state index contributed by atoms with van der Waals surface area (Å²) in [5.74, 6) is -1.59. The van der Waals surface area contributed by atoms with Crippen LogP contribution in [-0.4, -0.2) is 41.3 Å². The minimum absolute atomic E-state index is 0.0228. The number of aromatic nitrogens is 3. The number of hydrogen-bond donors (Lipinski definition) is 2. The molecule has 0 aliphatic heterocycles. The normalized spacial score (nSPS) is 14.8. The van der Waals surface area contributed by atoms with E-state index >= 15 is 0 Å². The molecule has 2 heterocycles. The molecular weight excluding hydrogens is 541 g/mol. The number of sulfone groups is 1. The Morgan fingerprint density at radius 3 is 2.23 bits per heavy atom. The molecule has 1 aliphatic rings. The van der Waals surface area contributed by atoms with E-state index in [0.29, 0.717) is 16.8 Å². The van der Waals surface area contributed by atoms with Gasteiger partial charge in [-0.2, -0.15) is 18.2 Å². The third-order valence-electron chi connectivity index (χ3n) is 6.23. The van der Waals surface area contributed by atoms with Gasteiger partial charge in [-0.15, -0.1) is 0 Å². The lowest BCUT2D eigenvalue weighted by molar-refractivity contribution is -0.151. The van der Waals surface area contributed by atoms with Gasteiger partial charge in [0.25, 0.3) is 0 Å². The first-order valence-corrected chi connectivity index (χ1v) is 13.9. The minimum Gasteiger partial charge on any atom is -0.354 e. The first kappa shape index (κ1) is 26.7. The van der Waals surface area contributed by atoms with Gasteiger partial charge in [-0.25, -0.2) is 27.2 Å². The molecule has 0 atom stereocenters. The fourth-order valence-electron chi connectivity index (χ4n) is 4.18. The molecule has 0 saturated heterocycles. The maximum absolute atomic E-state index is 14.1. The van der Waals surface area contributed by atoms with E-state index in [1.165, 1.54) is 36.4 Å². The minimum atomic E-state index is -4.52. The summed E-state index contributed by atoms with van der Waals surface area (Å²) in [7, 11) is -3.39. The van der Waals surface area contributed by atoms with Gasteiger partial charge in [0.05, 0.1) is 17.0 Å². The summed E-state index contributed by atoms with van der Waals surface area (Å²) in [5.41, 5.74) is -0.193. The van der Waals surface area contributed by atoms with Crippen molar-refractivity contribution in [3.05, 3.63) is 77.4 Å². The van der Waals surface area contributed by atoms with Crippen molar-refractivity contribution in [2.24, 2.45) is 0 Å².